The standard InChI is InChI=1S/C17H26/c1-3-4-5-6-8-11-16(2)14-15-17-12-9-7-10-13-17/h7,9-13H,3-6,8,14-15H2,1-2H3/b16-11-. The first-order valence-corrected chi connectivity index (χ1v) is 7.02. The third kappa shape index (κ3) is 6.99. The van der Waals surface area contributed by atoms with E-state index in [1.54, 1.807) is 5.57 Å². The second-order valence-electron chi connectivity index (χ2n) is 4.89. The summed E-state index contributed by atoms with van der Waals surface area (Å²) in [6.45, 7) is 4.53. The van der Waals surface area contributed by atoms with Gasteiger partial charge in [0.1, 0.15) is 0 Å². The van der Waals surface area contributed by atoms with Crippen LogP contribution in [0.5, 0.6) is 0 Å². The van der Waals surface area contributed by atoms with Gasteiger partial charge in [0.25, 0.3) is 0 Å². The van der Waals surface area contributed by atoms with Gasteiger partial charge in [-0.05, 0) is 38.2 Å². The summed E-state index contributed by atoms with van der Waals surface area (Å²) in [7, 11) is 0. The average Bonchev–Trinajstić information content (AvgIpc) is 2.37. The molecule has 94 valence electrons. The highest BCUT2D eigenvalue weighted by Gasteiger charge is 1.93. The van der Waals surface area contributed by atoms with E-state index in [1.165, 1.54) is 50.5 Å². The van der Waals surface area contributed by atoms with Gasteiger partial charge in [-0.25, -0.2) is 0 Å². The van der Waals surface area contributed by atoms with Crippen molar-refractivity contribution >= 4 is 0 Å². The molecule has 0 saturated carbocycles. The largest absolute Gasteiger partial charge is 0.0856 e. The minimum atomic E-state index is 1.18. The van der Waals surface area contributed by atoms with Crippen molar-refractivity contribution in [1.82, 2.24) is 0 Å². The van der Waals surface area contributed by atoms with E-state index >= 15 is 0 Å². The molecule has 0 saturated heterocycles. The van der Waals surface area contributed by atoms with Crippen molar-refractivity contribution in [3.8, 4) is 0 Å². The van der Waals surface area contributed by atoms with Crippen LogP contribution in [-0.2, 0) is 6.42 Å². The third-order valence-electron chi connectivity index (χ3n) is 3.20. The van der Waals surface area contributed by atoms with Crippen LogP contribution in [-0.4, -0.2) is 0 Å². The van der Waals surface area contributed by atoms with Crippen LogP contribution in [0.4, 0.5) is 0 Å². The van der Waals surface area contributed by atoms with Crippen molar-refractivity contribution in [2.24, 2.45) is 0 Å². The van der Waals surface area contributed by atoms with E-state index < -0.39 is 0 Å². The Bertz CT molecular complexity index is 308. The zero-order valence-electron chi connectivity index (χ0n) is 11.4. The maximum atomic E-state index is 2.43. The molecular weight excluding hydrogens is 204 g/mol. The lowest BCUT2D eigenvalue weighted by Crippen LogP contribution is -1.86. The van der Waals surface area contributed by atoms with E-state index in [1.807, 2.05) is 0 Å². The molecule has 0 radical (unpaired) electrons. The van der Waals surface area contributed by atoms with Crippen LogP contribution in [0.2, 0.25) is 0 Å². The van der Waals surface area contributed by atoms with Crippen LogP contribution in [0.1, 0.15) is 57.9 Å². The molecule has 1 aromatic carbocycles. The van der Waals surface area contributed by atoms with Crippen LogP contribution in [0.15, 0.2) is 42.0 Å². The van der Waals surface area contributed by atoms with Crippen molar-refractivity contribution in [1.29, 1.82) is 0 Å². The lowest BCUT2D eigenvalue weighted by Gasteiger charge is -2.02. The molecular formula is C17H26. The summed E-state index contributed by atoms with van der Waals surface area (Å²) in [4.78, 5) is 0. The molecule has 0 aliphatic carbocycles. The van der Waals surface area contributed by atoms with Gasteiger partial charge in [0.2, 0.25) is 0 Å². The predicted molar refractivity (Wildman–Crippen MR) is 77.3 cm³/mol. The maximum Gasteiger partial charge on any atom is -0.0242 e. The minimum Gasteiger partial charge on any atom is -0.0856 e. The fraction of sp³-hybridized carbons (Fsp3) is 0.529. The molecule has 0 heterocycles. The van der Waals surface area contributed by atoms with Crippen molar-refractivity contribution in [2.75, 3.05) is 0 Å². The Balaban J connectivity index is 2.16. The molecule has 0 spiro atoms. The molecule has 0 N–H and O–H groups in total. The second-order valence-corrected chi connectivity index (χ2v) is 4.89. The number of unbranched alkanes of at least 4 members (excludes halogenated alkanes) is 4. The number of allylic oxidation sites excluding steroid dienone is 2. The summed E-state index contributed by atoms with van der Waals surface area (Å²) in [6.07, 6.45) is 11.5. The molecule has 0 fully saturated rings. The quantitative estimate of drug-likeness (QED) is 0.406. The zero-order valence-corrected chi connectivity index (χ0v) is 11.4. The van der Waals surface area contributed by atoms with Crippen LogP contribution in [0, 0.1) is 0 Å². The Kier molecular flexibility index (Phi) is 7.46. The van der Waals surface area contributed by atoms with E-state index in [2.05, 4.69) is 50.3 Å². The number of rotatable bonds is 8. The average molecular weight is 230 g/mol. The van der Waals surface area contributed by atoms with Crippen LogP contribution in [0.25, 0.3) is 0 Å². The lowest BCUT2D eigenvalue weighted by atomic mass is 10.0. The molecule has 0 aliphatic heterocycles. The van der Waals surface area contributed by atoms with Crippen molar-refractivity contribution < 1.29 is 0 Å². The topological polar surface area (TPSA) is 0 Å². The molecule has 17 heavy (non-hydrogen) atoms. The zero-order chi connectivity index (χ0) is 12.3. The SMILES string of the molecule is CCCCCC/C=C(/C)CCc1ccccc1. The molecule has 0 atom stereocenters. The highest BCUT2D eigenvalue weighted by molar-refractivity contribution is 5.16. The molecule has 0 bridgehead atoms. The van der Waals surface area contributed by atoms with Gasteiger partial charge in [-0.2, -0.15) is 0 Å². The number of hydrogen-bond donors (Lipinski definition) is 0. The highest BCUT2D eigenvalue weighted by atomic mass is 14.0. The van der Waals surface area contributed by atoms with Crippen LogP contribution in [0.3, 0.4) is 0 Å². The summed E-state index contributed by atoms with van der Waals surface area (Å²) >= 11 is 0. The van der Waals surface area contributed by atoms with E-state index in [9.17, 15) is 0 Å². The fourth-order valence-electron chi connectivity index (χ4n) is 2.01. The van der Waals surface area contributed by atoms with Crippen molar-refractivity contribution in [2.45, 2.75) is 58.8 Å². The smallest absolute Gasteiger partial charge is 0.0242 e. The molecule has 0 unspecified atom stereocenters. The van der Waals surface area contributed by atoms with E-state index in [-0.39, 0.29) is 0 Å². The lowest BCUT2D eigenvalue weighted by molar-refractivity contribution is 0.672. The van der Waals surface area contributed by atoms with Gasteiger partial charge in [0.05, 0.1) is 0 Å². The third-order valence-corrected chi connectivity index (χ3v) is 3.20. The second kappa shape index (κ2) is 9.04. The number of aryl methyl sites for hydroxylation is 1. The Morgan fingerprint density at radius 2 is 1.82 bits per heavy atom. The van der Waals surface area contributed by atoms with Gasteiger partial charge in [0.15, 0.2) is 0 Å². The van der Waals surface area contributed by atoms with Gasteiger partial charge in [0, 0.05) is 0 Å². The van der Waals surface area contributed by atoms with Crippen molar-refractivity contribution in [3.63, 3.8) is 0 Å². The monoisotopic (exact) mass is 230 g/mol. The highest BCUT2D eigenvalue weighted by Crippen LogP contribution is 2.11. The molecule has 0 heteroatoms. The van der Waals surface area contributed by atoms with E-state index in [0.29, 0.717) is 0 Å². The molecule has 0 amide bonds. The Morgan fingerprint density at radius 3 is 2.53 bits per heavy atom. The first kappa shape index (κ1) is 14.0. The van der Waals surface area contributed by atoms with E-state index in [0.717, 1.165) is 0 Å². The molecule has 0 aromatic heterocycles. The van der Waals surface area contributed by atoms with Gasteiger partial charge >= 0.3 is 0 Å². The summed E-state index contributed by atoms with van der Waals surface area (Å²) in [5.41, 5.74) is 3.00. The fourth-order valence-corrected chi connectivity index (χ4v) is 2.01. The van der Waals surface area contributed by atoms with Gasteiger partial charge in [-0.15, -0.1) is 0 Å². The van der Waals surface area contributed by atoms with Gasteiger partial charge in [-0.1, -0.05) is 68.2 Å². The van der Waals surface area contributed by atoms with Crippen LogP contribution < -0.4 is 0 Å². The maximum absolute atomic E-state index is 2.43. The molecule has 1 aromatic rings. The first-order valence-electron chi connectivity index (χ1n) is 7.02. The molecule has 0 aliphatic rings. The number of benzene rings is 1. The summed E-state index contributed by atoms with van der Waals surface area (Å²) < 4.78 is 0. The summed E-state index contributed by atoms with van der Waals surface area (Å²) in [5, 5.41) is 0. The van der Waals surface area contributed by atoms with Crippen LogP contribution >= 0.6 is 0 Å². The van der Waals surface area contributed by atoms with E-state index in [4.69, 9.17) is 0 Å². The molecule has 0 nitrogen and oxygen atoms in total. The van der Waals surface area contributed by atoms with Crippen molar-refractivity contribution in [3.05, 3.63) is 47.5 Å². The summed E-state index contributed by atoms with van der Waals surface area (Å²) in [6, 6.07) is 10.8. The Morgan fingerprint density at radius 1 is 1.06 bits per heavy atom. The van der Waals surface area contributed by atoms with Gasteiger partial charge in [-0.3, -0.25) is 0 Å². The minimum absolute atomic E-state index is 1.18. The normalized spacial score (nSPS) is 11.8. The Hall–Kier alpha value is -1.04. The Labute approximate surface area is 107 Å². The predicted octanol–water partition coefficient (Wildman–Crippen LogP) is 5.54. The first-order chi connectivity index (χ1) is 8.33. The summed E-state index contributed by atoms with van der Waals surface area (Å²) in [5.74, 6) is 0. The van der Waals surface area contributed by atoms with Gasteiger partial charge < -0.3 is 0 Å². The number of hydrogen-bond acceptors (Lipinski definition) is 0. The molecule has 1 rings (SSSR count).